The van der Waals surface area contributed by atoms with Crippen molar-refractivity contribution in [3.05, 3.63) is 39.1 Å². The van der Waals surface area contributed by atoms with Crippen molar-refractivity contribution >= 4 is 22.6 Å². The number of hydrogen-bond acceptors (Lipinski definition) is 1. The molecule has 0 saturated carbocycles. The largest absolute Gasteiger partial charge is 0.272 e. The molecule has 0 aliphatic heterocycles. The summed E-state index contributed by atoms with van der Waals surface area (Å²) < 4.78 is 3.18. The van der Waals surface area contributed by atoms with E-state index in [1.807, 2.05) is 11.7 Å². The SMILES string of the molecule is Cc1c(-c2cccc(I)c2)nn(C)c1C. The second-order valence-corrected chi connectivity index (χ2v) is 4.94. The van der Waals surface area contributed by atoms with Gasteiger partial charge in [0.2, 0.25) is 0 Å². The van der Waals surface area contributed by atoms with Crippen molar-refractivity contribution in [2.45, 2.75) is 13.8 Å². The summed E-state index contributed by atoms with van der Waals surface area (Å²) in [5.74, 6) is 0. The van der Waals surface area contributed by atoms with E-state index in [0.717, 1.165) is 5.69 Å². The van der Waals surface area contributed by atoms with Crippen LogP contribution in [0.5, 0.6) is 0 Å². The summed E-state index contributed by atoms with van der Waals surface area (Å²) in [5, 5.41) is 4.53. The Bertz CT molecular complexity index is 500. The fourth-order valence-corrected chi connectivity index (χ4v) is 2.17. The molecular weight excluding hydrogens is 299 g/mol. The van der Waals surface area contributed by atoms with Crippen molar-refractivity contribution in [1.82, 2.24) is 9.78 Å². The number of hydrogen-bond donors (Lipinski definition) is 0. The van der Waals surface area contributed by atoms with E-state index in [1.54, 1.807) is 0 Å². The second-order valence-electron chi connectivity index (χ2n) is 3.69. The minimum atomic E-state index is 1.09. The molecule has 0 aliphatic rings. The first kappa shape index (κ1) is 10.7. The van der Waals surface area contributed by atoms with Crippen LogP contribution in [0.1, 0.15) is 11.3 Å². The molecule has 2 aromatic rings. The van der Waals surface area contributed by atoms with Crippen LogP contribution < -0.4 is 0 Å². The normalized spacial score (nSPS) is 10.7. The van der Waals surface area contributed by atoms with Crippen LogP contribution in [0.3, 0.4) is 0 Å². The molecule has 0 aliphatic carbocycles. The molecule has 2 rings (SSSR count). The average molecular weight is 312 g/mol. The Morgan fingerprint density at radius 1 is 1.27 bits per heavy atom. The highest BCUT2D eigenvalue weighted by Crippen LogP contribution is 2.24. The predicted octanol–water partition coefficient (Wildman–Crippen LogP) is 3.31. The molecule has 0 N–H and O–H groups in total. The molecule has 0 radical (unpaired) electrons. The van der Waals surface area contributed by atoms with Crippen LogP contribution in [0.2, 0.25) is 0 Å². The summed E-state index contributed by atoms with van der Waals surface area (Å²) in [5.41, 5.74) is 4.78. The molecule has 1 aromatic carbocycles. The lowest BCUT2D eigenvalue weighted by Gasteiger charge is -1.99. The Labute approximate surface area is 103 Å². The zero-order valence-corrected chi connectivity index (χ0v) is 11.2. The van der Waals surface area contributed by atoms with Crippen molar-refractivity contribution in [1.29, 1.82) is 0 Å². The Kier molecular flexibility index (Phi) is 2.82. The van der Waals surface area contributed by atoms with Crippen LogP contribution in [0.25, 0.3) is 11.3 Å². The predicted molar refractivity (Wildman–Crippen MR) is 70.8 cm³/mol. The van der Waals surface area contributed by atoms with Gasteiger partial charge in [-0.15, -0.1) is 0 Å². The second kappa shape index (κ2) is 3.96. The van der Waals surface area contributed by atoms with Crippen LogP contribution in [-0.2, 0) is 7.05 Å². The number of aromatic nitrogens is 2. The van der Waals surface area contributed by atoms with Gasteiger partial charge >= 0.3 is 0 Å². The van der Waals surface area contributed by atoms with Gasteiger partial charge in [-0.25, -0.2) is 0 Å². The third kappa shape index (κ3) is 1.93. The quantitative estimate of drug-likeness (QED) is 0.739. The lowest BCUT2D eigenvalue weighted by molar-refractivity contribution is 0.741. The van der Waals surface area contributed by atoms with Gasteiger partial charge in [0.25, 0.3) is 0 Å². The van der Waals surface area contributed by atoms with E-state index in [0.29, 0.717) is 0 Å². The third-order valence-corrected chi connectivity index (χ3v) is 3.40. The molecule has 0 amide bonds. The fourth-order valence-electron chi connectivity index (χ4n) is 1.62. The smallest absolute Gasteiger partial charge is 0.0955 e. The van der Waals surface area contributed by atoms with Gasteiger partial charge in [0.1, 0.15) is 0 Å². The van der Waals surface area contributed by atoms with Crippen molar-refractivity contribution in [2.24, 2.45) is 7.05 Å². The molecule has 78 valence electrons. The number of aryl methyl sites for hydroxylation is 1. The molecule has 2 nitrogen and oxygen atoms in total. The topological polar surface area (TPSA) is 17.8 Å². The lowest BCUT2D eigenvalue weighted by atomic mass is 10.1. The molecule has 0 unspecified atom stereocenters. The highest BCUT2D eigenvalue weighted by Gasteiger charge is 2.10. The van der Waals surface area contributed by atoms with Crippen molar-refractivity contribution < 1.29 is 0 Å². The third-order valence-electron chi connectivity index (χ3n) is 2.73. The zero-order valence-electron chi connectivity index (χ0n) is 9.08. The Morgan fingerprint density at radius 3 is 2.53 bits per heavy atom. The summed E-state index contributed by atoms with van der Waals surface area (Å²) in [6.45, 7) is 4.22. The summed E-state index contributed by atoms with van der Waals surface area (Å²) in [6, 6.07) is 8.43. The average Bonchev–Trinajstić information content (AvgIpc) is 2.46. The maximum Gasteiger partial charge on any atom is 0.0955 e. The molecule has 0 saturated heterocycles. The number of nitrogens with zero attached hydrogens (tertiary/aromatic N) is 2. The van der Waals surface area contributed by atoms with Crippen LogP contribution in [0.4, 0.5) is 0 Å². The van der Waals surface area contributed by atoms with Crippen molar-refractivity contribution in [3.63, 3.8) is 0 Å². The maximum absolute atomic E-state index is 4.53. The molecule has 0 fully saturated rings. The highest BCUT2D eigenvalue weighted by molar-refractivity contribution is 14.1. The molecule has 15 heavy (non-hydrogen) atoms. The van der Waals surface area contributed by atoms with Crippen LogP contribution in [0.15, 0.2) is 24.3 Å². The molecule has 1 heterocycles. The molecule has 0 bridgehead atoms. The number of benzene rings is 1. The first-order valence-electron chi connectivity index (χ1n) is 4.85. The van der Waals surface area contributed by atoms with Gasteiger partial charge in [-0.1, -0.05) is 12.1 Å². The Morgan fingerprint density at radius 2 is 2.00 bits per heavy atom. The zero-order chi connectivity index (χ0) is 11.0. The van der Waals surface area contributed by atoms with Gasteiger partial charge in [-0.3, -0.25) is 4.68 Å². The van der Waals surface area contributed by atoms with Gasteiger partial charge in [0.15, 0.2) is 0 Å². The van der Waals surface area contributed by atoms with Gasteiger partial charge in [0, 0.05) is 21.9 Å². The lowest BCUT2D eigenvalue weighted by Crippen LogP contribution is -1.92. The van der Waals surface area contributed by atoms with Gasteiger partial charge in [-0.2, -0.15) is 5.10 Å². The first-order chi connectivity index (χ1) is 7.09. The minimum absolute atomic E-state index is 1.09. The summed E-state index contributed by atoms with van der Waals surface area (Å²) in [7, 11) is 1.99. The molecule has 0 spiro atoms. The van der Waals surface area contributed by atoms with E-state index in [2.05, 4.69) is 65.8 Å². The summed E-state index contributed by atoms with van der Waals surface area (Å²) in [4.78, 5) is 0. The van der Waals surface area contributed by atoms with E-state index in [-0.39, 0.29) is 0 Å². The standard InChI is InChI=1S/C12H13IN2/c1-8-9(2)15(3)14-12(8)10-5-4-6-11(13)7-10/h4-7H,1-3H3. The van der Waals surface area contributed by atoms with E-state index >= 15 is 0 Å². The van der Waals surface area contributed by atoms with Crippen molar-refractivity contribution in [2.75, 3.05) is 0 Å². The summed E-state index contributed by atoms with van der Waals surface area (Å²) in [6.07, 6.45) is 0. The van der Waals surface area contributed by atoms with E-state index < -0.39 is 0 Å². The van der Waals surface area contributed by atoms with Gasteiger partial charge < -0.3 is 0 Å². The first-order valence-corrected chi connectivity index (χ1v) is 5.93. The Hall–Kier alpha value is -0.840. The van der Waals surface area contributed by atoms with Crippen LogP contribution in [-0.4, -0.2) is 9.78 Å². The van der Waals surface area contributed by atoms with Gasteiger partial charge in [0.05, 0.1) is 5.69 Å². The van der Waals surface area contributed by atoms with Crippen LogP contribution in [0, 0.1) is 17.4 Å². The molecule has 3 heteroatoms. The molecular formula is C12H13IN2. The van der Waals surface area contributed by atoms with Crippen LogP contribution >= 0.6 is 22.6 Å². The highest BCUT2D eigenvalue weighted by atomic mass is 127. The van der Waals surface area contributed by atoms with E-state index in [1.165, 1.54) is 20.4 Å². The maximum atomic E-state index is 4.53. The summed E-state index contributed by atoms with van der Waals surface area (Å²) >= 11 is 2.32. The number of rotatable bonds is 1. The monoisotopic (exact) mass is 312 g/mol. The molecule has 0 atom stereocenters. The van der Waals surface area contributed by atoms with E-state index in [9.17, 15) is 0 Å². The number of halogens is 1. The fraction of sp³-hybridized carbons (Fsp3) is 0.250. The Balaban J connectivity index is 2.59. The minimum Gasteiger partial charge on any atom is -0.272 e. The van der Waals surface area contributed by atoms with E-state index in [4.69, 9.17) is 0 Å². The molecule has 1 aromatic heterocycles. The van der Waals surface area contributed by atoms with Crippen molar-refractivity contribution in [3.8, 4) is 11.3 Å². The van der Waals surface area contributed by atoms with Gasteiger partial charge in [-0.05, 0) is 54.1 Å².